The van der Waals surface area contributed by atoms with E-state index in [1.165, 1.54) is 12.8 Å². The summed E-state index contributed by atoms with van der Waals surface area (Å²) in [5.41, 5.74) is 6.62. The van der Waals surface area contributed by atoms with E-state index in [9.17, 15) is 4.79 Å². The molecule has 6 heteroatoms. The van der Waals surface area contributed by atoms with E-state index in [-0.39, 0.29) is 11.9 Å². The second-order valence-electron chi connectivity index (χ2n) is 10.8. The summed E-state index contributed by atoms with van der Waals surface area (Å²) in [6.45, 7) is 10.8. The van der Waals surface area contributed by atoms with Crippen molar-refractivity contribution >= 4 is 22.5 Å². The van der Waals surface area contributed by atoms with Gasteiger partial charge in [-0.15, -0.1) is 0 Å². The van der Waals surface area contributed by atoms with Crippen LogP contribution in [-0.2, 0) is 7.05 Å². The van der Waals surface area contributed by atoms with E-state index in [4.69, 9.17) is 4.98 Å². The average Bonchev–Trinajstić information content (AvgIpc) is 3.34. The van der Waals surface area contributed by atoms with Crippen LogP contribution in [0.25, 0.3) is 22.2 Å². The molecule has 6 nitrogen and oxygen atoms in total. The lowest BCUT2D eigenvalue weighted by atomic mass is 9.86. The topological polar surface area (TPSA) is 63.1 Å². The van der Waals surface area contributed by atoms with Gasteiger partial charge in [0, 0.05) is 48.5 Å². The van der Waals surface area contributed by atoms with Crippen molar-refractivity contribution in [1.29, 1.82) is 0 Å². The highest BCUT2D eigenvalue weighted by molar-refractivity contribution is 5.97. The van der Waals surface area contributed by atoms with Gasteiger partial charge >= 0.3 is 0 Å². The Balaban J connectivity index is 1.40. The molecular formula is C31H37N5O. The Morgan fingerprint density at radius 1 is 1.05 bits per heavy atom. The van der Waals surface area contributed by atoms with Crippen LogP contribution in [0, 0.1) is 18.8 Å². The molecule has 1 fully saturated rings. The van der Waals surface area contributed by atoms with Gasteiger partial charge in [-0.25, -0.2) is 4.98 Å². The smallest absolute Gasteiger partial charge is 0.252 e. The fraction of sp³-hybridized carbons (Fsp3) is 0.387. The van der Waals surface area contributed by atoms with Crippen LogP contribution in [-0.4, -0.2) is 33.8 Å². The van der Waals surface area contributed by atoms with Gasteiger partial charge in [-0.05, 0) is 73.9 Å². The molecule has 37 heavy (non-hydrogen) atoms. The van der Waals surface area contributed by atoms with Gasteiger partial charge in [0.05, 0.1) is 23.4 Å². The van der Waals surface area contributed by atoms with E-state index in [0.29, 0.717) is 0 Å². The van der Waals surface area contributed by atoms with Crippen LogP contribution in [0.5, 0.6) is 0 Å². The summed E-state index contributed by atoms with van der Waals surface area (Å²) in [6.07, 6.45) is 6.20. The first-order chi connectivity index (χ1) is 17.8. The minimum absolute atomic E-state index is 0.0484. The van der Waals surface area contributed by atoms with E-state index >= 15 is 0 Å². The summed E-state index contributed by atoms with van der Waals surface area (Å²) in [7, 11) is 1.90. The number of nitrogens with zero attached hydrogens (tertiary/aromatic N) is 4. The number of carbonyl (C=O) groups excluding carboxylic acids is 1. The molecule has 1 aliphatic rings. The largest absolute Gasteiger partial charge is 0.371 e. The maximum absolute atomic E-state index is 13.6. The van der Waals surface area contributed by atoms with Gasteiger partial charge < -0.3 is 10.2 Å². The summed E-state index contributed by atoms with van der Waals surface area (Å²) < 4.78 is 1.78. The Morgan fingerprint density at radius 3 is 2.51 bits per heavy atom. The molecule has 0 aliphatic carbocycles. The number of pyridine rings is 1. The Bertz CT molecular complexity index is 1410. The molecule has 192 valence electrons. The third-order valence-electron chi connectivity index (χ3n) is 7.88. The van der Waals surface area contributed by atoms with Gasteiger partial charge in [-0.3, -0.25) is 9.48 Å². The number of para-hydroxylation sites is 1. The van der Waals surface area contributed by atoms with Crippen LogP contribution in [0.1, 0.15) is 61.1 Å². The molecule has 1 aliphatic heterocycles. The van der Waals surface area contributed by atoms with Gasteiger partial charge in [0.2, 0.25) is 0 Å². The fourth-order valence-corrected chi connectivity index (χ4v) is 5.49. The van der Waals surface area contributed by atoms with Gasteiger partial charge in [-0.2, -0.15) is 5.10 Å². The number of carbonyl (C=O) groups is 1. The molecule has 1 atom stereocenters. The Hall–Kier alpha value is -3.67. The standard InChI is InChI=1S/C31H37N5O/c1-20(2)23-12-14-36(15-13-23)25-11-10-21(3)27(16-25)31(37)33-22(4)28-17-30(24-18-32-35(5)19-24)34-29-9-7-6-8-26(28)29/h6-11,16-20,22-23H,12-15H2,1-5H3,(H,33,37)/t22-/m1/s1. The molecule has 0 unspecified atom stereocenters. The first-order valence-electron chi connectivity index (χ1n) is 13.4. The maximum Gasteiger partial charge on any atom is 0.252 e. The Kier molecular flexibility index (Phi) is 7.00. The number of benzene rings is 2. The van der Waals surface area contributed by atoms with Gasteiger partial charge in [0.25, 0.3) is 5.91 Å². The predicted molar refractivity (Wildman–Crippen MR) is 151 cm³/mol. The highest BCUT2D eigenvalue weighted by atomic mass is 16.1. The van der Waals surface area contributed by atoms with E-state index in [1.807, 2.05) is 51.5 Å². The second kappa shape index (κ2) is 10.4. The lowest BCUT2D eigenvalue weighted by Gasteiger charge is -2.35. The van der Waals surface area contributed by atoms with E-state index in [2.05, 4.69) is 59.5 Å². The normalized spacial score (nSPS) is 15.4. The highest BCUT2D eigenvalue weighted by Crippen LogP contribution is 2.31. The molecule has 1 N–H and O–H groups in total. The van der Waals surface area contributed by atoms with Crippen molar-refractivity contribution in [3.05, 3.63) is 77.6 Å². The average molecular weight is 496 g/mol. The number of aromatic nitrogens is 3. The zero-order chi connectivity index (χ0) is 26.1. The van der Waals surface area contributed by atoms with Crippen LogP contribution in [0.3, 0.4) is 0 Å². The number of anilines is 1. The molecule has 3 heterocycles. The molecule has 4 aromatic rings. The fourth-order valence-electron chi connectivity index (χ4n) is 5.49. The van der Waals surface area contributed by atoms with Crippen molar-refractivity contribution in [2.45, 2.75) is 46.6 Å². The van der Waals surface area contributed by atoms with Crippen LogP contribution in [0.4, 0.5) is 5.69 Å². The molecule has 0 saturated carbocycles. The highest BCUT2D eigenvalue weighted by Gasteiger charge is 2.23. The summed E-state index contributed by atoms with van der Waals surface area (Å²) >= 11 is 0. The molecule has 1 amide bonds. The van der Waals surface area contributed by atoms with E-state index < -0.39 is 0 Å². The van der Waals surface area contributed by atoms with Crippen molar-refractivity contribution in [3.63, 3.8) is 0 Å². The van der Waals surface area contributed by atoms with Gasteiger partial charge in [0.1, 0.15) is 0 Å². The van der Waals surface area contributed by atoms with Crippen LogP contribution in [0.15, 0.2) is 60.9 Å². The molecule has 5 rings (SSSR count). The summed E-state index contributed by atoms with van der Waals surface area (Å²) in [5, 5.41) is 8.63. The van der Waals surface area contributed by atoms with Crippen molar-refractivity contribution in [2.75, 3.05) is 18.0 Å². The third-order valence-corrected chi connectivity index (χ3v) is 7.88. The number of rotatable bonds is 6. The minimum Gasteiger partial charge on any atom is -0.371 e. The maximum atomic E-state index is 13.6. The number of nitrogens with one attached hydrogen (secondary N) is 1. The molecule has 0 bridgehead atoms. The number of hydrogen-bond acceptors (Lipinski definition) is 4. The summed E-state index contributed by atoms with van der Waals surface area (Å²) in [4.78, 5) is 20.8. The Labute approximate surface area is 219 Å². The summed E-state index contributed by atoms with van der Waals surface area (Å²) in [5.74, 6) is 1.47. The van der Waals surface area contributed by atoms with E-state index in [0.717, 1.165) is 69.5 Å². The minimum atomic E-state index is -0.194. The molecular weight excluding hydrogens is 458 g/mol. The van der Waals surface area contributed by atoms with Gasteiger partial charge in [0.15, 0.2) is 0 Å². The van der Waals surface area contributed by atoms with Crippen LogP contribution in [0.2, 0.25) is 0 Å². The Morgan fingerprint density at radius 2 is 1.81 bits per heavy atom. The number of fused-ring (bicyclic) bond motifs is 1. The van der Waals surface area contributed by atoms with E-state index in [1.54, 1.807) is 4.68 Å². The first-order valence-corrected chi connectivity index (χ1v) is 13.4. The molecule has 2 aromatic heterocycles. The monoisotopic (exact) mass is 495 g/mol. The summed E-state index contributed by atoms with van der Waals surface area (Å²) in [6, 6.07) is 16.3. The molecule has 1 saturated heterocycles. The van der Waals surface area contributed by atoms with Crippen LogP contribution >= 0.6 is 0 Å². The number of aryl methyl sites for hydroxylation is 2. The van der Waals surface area contributed by atoms with Crippen molar-refractivity contribution in [3.8, 4) is 11.3 Å². The zero-order valence-corrected chi connectivity index (χ0v) is 22.5. The number of hydrogen-bond donors (Lipinski definition) is 1. The van der Waals surface area contributed by atoms with Crippen molar-refractivity contribution in [1.82, 2.24) is 20.1 Å². The zero-order valence-electron chi connectivity index (χ0n) is 22.5. The second-order valence-corrected chi connectivity index (χ2v) is 10.8. The molecule has 0 spiro atoms. The van der Waals surface area contributed by atoms with Crippen molar-refractivity contribution < 1.29 is 4.79 Å². The van der Waals surface area contributed by atoms with Crippen LogP contribution < -0.4 is 10.2 Å². The quantitative estimate of drug-likeness (QED) is 0.341. The van der Waals surface area contributed by atoms with Crippen molar-refractivity contribution in [2.24, 2.45) is 18.9 Å². The lowest BCUT2D eigenvalue weighted by Crippen LogP contribution is -2.35. The predicted octanol–water partition coefficient (Wildman–Crippen LogP) is 6.31. The molecule has 2 aromatic carbocycles. The number of amides is 1. The number of piperidine rings is 1. The lowest BCUT2D eigenvalue weighted by molar-refractivity contribution is 0.0939. The van der Waals surface area contributed by atoms with Gasteiger partial charge in [-0.1, -0.05) is 38.1 Å². The molecule has 0 radical (unpaired) electrons. The third kappa shape index (κ3) is 5.24. The SMILES string of the molecule is Cc1ccc(N2CCC(C(C)C)CC2)cc1C(=O)N[C@H](C)c1cc(-c2cnn(C)c2)nc2ccccc12. The first kappa shape index (κ1) is 25.0.